The lowest BCUT2D eigenvalue weighted by molar-refractivity contribution is 0.415. The van der Waals surface area contributed by atoms with Crippen LogP contribution in [0, 0.1) is 13.8 Å². The molecule has 3 aromatic rings. The number of ether oxygens (including phenoxy) is 1. The lowest BCUT2D eigenvalue weighted by atomic mass is 10.1. The zero-order valence-corrected chi connectivity index (χ0v) is 13.2. The number of fused-ring (bicyclic) bond motifs is 1. The average molecular weight is 292 g/mol. The van der Waals surface area contributed by atoms with E-state index in [9.17, 15) is 0 Å². The maximum atomic E-state index is 5.33. The molecule has 0 amide bonds. The minimum atomic E-state index is 0.788. The summed E-state index contributed by atoms with van der Waals surface area (Å²) in [7, 11) is 1.68. The van der Waals surface area contributed by atoms with E-state index in [0.717, 1.165) is 34.6 Å². The third kappa shape index (κ3) is 3.03. The summed E-state index contributed by atoms with van der Waals surface area (Å²) in [6.45, 7) is 4.90. The molecule has 0 aliphatic carbocycles. The Labute approximate surface area is 131 Å². The Hall–Kier alpha value is -2.55. The summed E-state index contributed by atoms with van der Waals surface area (Å²) in [5.41, 5.74) is 5.60. The summed E-state index contributed by atoms with van der Waals surface area (Å²) >= 11 is 0. The molecule has 22 heavy (non-hydrogen) atoms. The van der Waals surface area contributed by atoms with Crippen LogP contribution in [-0.2, 0) is 6.54 Å². The molecular formula is C19H20N2O. The van der Waals surface area contributed by atoms with E-state index in [4.69, 9.17) is 4.74 Å². The number of nitrogens with zero attached hydrogens (tertiary/aromatic N) is 1. The number of pyridine rings is 1. The van der Waals surface area contributed by atoms with Crippen molar-refractivity contribution in [3.8, 4) is 5.75 Å². The molecule has 0 aliphatic heterocycles. The summed E-state index contributed by atoms with van der Waals surface area (Å²) < 4.78 is 5.33. The van der Waals surface area contributed by atoms with Crippen molar-refractivity contribution in [2.45, 2.75) is 20.4 Å². The number of nitrogens with one attached hydrogen (secondary N) is 1. The van der Waals surface area contributed by atoms with Gasteiger partial charge < -0.3 is 10.1 Å². The van der Waals surface area contributed by atoms with E-state index < -0.39 is 0 Å². The van der Waals surface area contributed by atoms with Crippen molar-refractivity contribution < 1.29 is 4.74 Å². The van der Waals surface area contributed by atoms with E-state index in [2.05, 4.69) is 47.6 Å². The van der Waals surface area contributed by atoms with Gasteiger partial charge >= 0.3 is 0 Å². The molecule has 2 aromatic carbocycles. The summed E-state index contributed by atoms with van der Waals surface area (Å²) in [4.78, 5) is 4.58. The van der Waals surface area contributed by atoms with Gasteiger partial charge in [-0.05, 0) is 43.7 Å². The molecule has 0 bridgehead atoms. The predicted molar refractivity (Wildman–Crippen MR) is 91.5 cm³/mol. The van der Waals surface area contributed by atoms with Gasteiger partial charge in [-0.15, -0.1) is 0 Å². The first kappa shape index (κ1) is 14.4. The van der Waals surface area contributed by atoms with Crippen molar-refractivity contribution in [1.82, 2.24) is 4.98 Å². The number of aryl methyl sites for hydroxylation is 2. The van der Waals surface area contributed by atoms with Gasteiger partial charge in [-0.2, -0.15) is 0 Å². The zero-order chi connectivity index (χ0) is 15.5. The SMILES string of the molecule is COc1ccc2nc(C)cc(NCc3ccc(C)cc3)c2c1. The highest BCUT2D eigenvalue weighted by Crippen LogP contribution is 2.27. The number of benzene rings is 2. The zero-order valence-electron chi connectivity index (χ0n) is 13.2. The normalized spacial score (nSPS) is 10.7. The lowest BCUT2D eigenvalue weighted by Crippen LogP contribution is -2.01. The van der Waals surface area contributed by atoms with Crippen molar-refractivity contribution in [3.05, 3.63) is 65.4 Å². The van der Waals surface area contributed by atoms with Crippen LogP contribution >= 0.6 is 0 Å². The predicted octanol–water partition coefficient (Wildman–Crippen LogP) is 4.47. The number of anilines is 1. The highest BCUT2D eigenvalue weighted by molar-refractivity contribution is 5.92. The third-order valence-electron chi connectivity index (χ3n) is 3.75. The third-order valence-corrected chi connectivity index (χ3v) is 3.75. The van der Waals surface area contributed by atoms with Crippen LogP contribution in [0.3, 0.4) is 0 Å². The Balaban J connectivity index is 1.93. The Morgan fingerprint density at radius 3 is 2.50 bits per heavy atom. The topological polar surface area (TPSA) is 34.1 Å². The fourth-order valence-corrected chi connectivity index (χ4v) is 2.51. The first-order chi connectivity index (χ1) is 10.7. The van der Waals surface area contributed by atoms with Crippen LogP contribution in [0.4, 0.5) is 5.69 Å². The number of methoxy groups -OCH3 is 1. The maximum Gasteiger partial charge on any atom is 0.119 e. The Bertz CT molecular complexity index is 794. The first-order valence-electron chi connectivity index (χ1n) is 7.40. The number of hydrogen-bond acceptors (Lipinski definition) is 3. The maximum absolute atomic E-state index is 5.33. The van der Waals surface area contributed by atoms with Crippen LogP contribution in [0.2, 0.25) is 0 Å². The molecule has 3 rings (SSSR count). The number of rotatable bonds is 4. The van der Waals surface area contributed by atoms with Crippen molar-refractivity contribution in [1.29, 1.82) is 0 Å². The van der Waals surface area contributed by atoms with E-state index >= 15 is 0 Å². The number of aromatic nitrogens is 1. The minimum absolute atomic E-state index is 0.788. The molecule has 0 saturated carbocycles. The molecule has 3 heteroatoms. The second-order valence-electron chi connectivity index (χ2n) is 5.53. The van der Waals surface area contributed by atoms with Crippen molar-refractivity contribution in [2.24, 2.45) is 0 Å². The van der Waals surface area contributed by atoms with Gasteiger partial charge in [-0.1, -0.05) is 29.8 Å². The van der Waals surface area contributed by atoms with Crippen LogP contribution in [0.1, 0.15) is 16.8 Å². The minimum Gasteiger partial charge on any atom is -0.497 e. The van der Waals surface area contributed by atoms with Gasteiger partial charge in [0, 0.05) is 23.3 Å². The van der Waals surface area contributed by atoms with Crippen LogP contribution < -0.4 is 10.1 Å². The smallest absolute Gasteiger partial charge is 0.119 e. The van der Waals surface area contributed by atoms with Gasteiger partial charge in [0.25, 0.3) is 0 Å². The molecule has 0 aliphatic rings. The average Bonchev–Trinajstić information content (AvgIpc) is 2.53. The molecule has 1 aromatic heterocycles. The van der Waals surface area contributed by atoms with E-state index in [1.165, 1.54) is 11.1 Å². The van der Waals surface area contributed by atoms with Crippen LogP contribution in [0.25, 0.3) is 10.9 Å². The van der Waals surface area contributed by atoms with Gasteiger partial charge in [0.1, 0.15) is 5.75 Å². The van der Waals surface area contributed by atoms with E-state index in [-0.39, 0.29) is 0 Å². The first-order valence-corrected chi connectivity index (χ1v) is 7.40. The largest absolute Gasteiger partial charge is 0.497 e. The van der Waals surface area contributed by atoms with Gasteiger partial charge in [0.05, 0.1) is 12.6 Å². The van der Waals surface area contributed by atoms with Gasteiger partial charge in [0.15, 0.2) is 0 Å². The van der Waals surface area contributed by atoms with Gasteiger partial charge in [0.2, 0.25) is 0 Å². The second-order valence-corrected chi connectivity index (χ2v) is 5.53. The second kappa shape index (κ2) is 6.06. The Morgan fingerprint density at radius 2 is 1.77 bits per heavy atom. The van der Waals surface area contributed by atoms with E-state index in [1.54, 1.807) is 7.11 Å². The molecule has 0 spiro atoms. The molecule has 1 heterocycles. The number of hydrogen-bond donors (Lipinski definition) is 1. The standard InChI is InChI=1S/C19H20N2O/c1-13-4-6-15(7-5-13)12-20-19-10-14(2)21-18-9-8-16(22-3)11-17(18)19/h4-11H,12H2,1-3H3,(H,20,21). The van der Waals surface area contributed by atoms with E-state index in [1.807, 2.05) is 25.1 Å². The molecular weight excluding hydrogens is 272 g/mol. The van der Waals surface area contributed by atoms with Gasteiger partial charge in [-0.3, -0.25) is 4.98 Å². The van der Waals surface area contributed by atoms with Crippen molar-refractivity contribution in [2.75, 3.05) is 12.4 Å². The lowest BCUT2D eigenvalue weighted by Gasteiger charge is -2.12. The van der Waals surface area contributed by atoms with E-state index in [0.29, 0.717) is 0 Å². The van der Waals surface area contributed by atoms with Crippen LogP contribution in [-0.4, -0.2) is 12.1 Å². The summed E-state index contributed by atoms with van der Waals surface area (Å²) in [6, 6.07) is 16.6. The highest BCUT2D eigenvalue weighted by Gasteiger charge is 2.06. The fraction of sp³-hybridized carbons (Fsp3) is 0.211. The molecule has 112 valence electrons. The molecule has 0 atom stereocenters. The van der Waals surface area contributed by atoms with Crippen LogP contribution in [0.5, 0.6) is 5.75 Å². The molecule has 1 N–H and O–H groups in total. The molecule has 0 radical (unpaired) electrons. The summed E-state index contributed by atoms with van der Waals surface area (Å²) in [6.07, 6.45) is 0. The molecule has 0 fully saturated rings. The molecule has 0 unspecified atom stereocenters. The highest BCUT2D eigenvalue weighted by atomic mass is 16.5. The Morgan fingerprint density at radius 1 is 1.00 bits per heavy atom. The van der Waals surface area contributed by atoms with Crippen molar-refractivity contribution >= 4 is 16.6 Å². The van der Waals surface area contributed by atoms with Crippen molar-refractivity contribution in [3.63, 3.8) is 0 Å². The summed E-state index contributed by atoms with van der Waals surface area (Å²) in [5, 5.41) is 4.60. The summed E-state index contributed by atoms with van der Waals surface area (Å²) in [5.74, 6) is 0.844. The quantitative estimate of drug-likeness (QED) is 0.770. The van der Waals surface area contributed by atoms with Gasteiger partial charge in [-0.25, -0.2) is 0 Å². The molecule has 0 saturated heterocycles. The monoisotopic (exact) mass is 292 g/mol. The Kier molecular flexibility index (Phi) is 3.96. The van der Waals surface area contributed by atoms with Crippen LogP contribution in [0.15, 0.2) is 48.5 Å². The fourth-order valence-electron chi connectivity index (χ4n) is 2.51. The molecule has 3 nitrogen and oxygen atoms in total.